The Bertz CT molecular complexity index is 752. The van der Waals surface area contributed by atoms with E-state index in [2.05, 4.69) is 10.3 Å². The van der Waals surface area contributed by atoms with Gasteiger partial charge < -0.3 is 5.32 Å². The van der Waals surface area contributed by atoms with Crippen molar-refractivity contribution in [1.29, 1.82) is 0 Å². The minimum absolute atomic E-state index is 0.481. The summed E-state index contributed by atoms with van der Waals surface area (Å²) in [7, 11) is 0. The zero-order chi connectivity index (χ0) is 13.4. The Hall–Kier alpha value is -2.01. The van der Waals surface area contributed by atoms with Crippen molar-refractivity contribution in [3.63, 3.8) is 0 Å². The van der Waals surface area contributed by atoms with Gasteiger partial charge in [-0.3, -0.25) is 0 Å². The lowest BCUT2D eigenvalue weighted by atomic mass is 10.2. The van der Waals surface area contributed by atoms with Crippen LogP contribution in [-0.2, 0) is 0 Å². The number of fused-ring (bicyclic) bond motifs is 1. The Balaban J connectivity index is 1.94. The van der Waals surface area contributed by atoms with Crippen LogP contribution in [0.2, 0.25) is 0 Å². The van der Waals surface area contributed by atoms with E-state index >= 15 is 0 Å². The number of hydrogen-bond acceptors (Lipinski definition) is 3. The minimum Gasteiger partial charge on any atom is -0.331 e. The summed E-state index contributed by atoms with van der Waals surface area (Å²) in [6.07, 6.45) is 0. The molecule has 1 N–H and O–H groups in total. The molecule has 0 unspecified atom stereocenters. The molecule has 5 heteroatoms. The molecule has 3 rings (SSSR count). The van der Waals surface area contributed by atoms with E-state index in [0.29, 0.717) is 10.8 Å². The summed E-state index contributed by atoms with van der Waals surface area (Å²) in [5.74, 6) is -1.73. The molecule has 0 amide bonds. The molecule has 2 aromatic carbocycles. The summed E-state index contributed by atoms with van der Waals surface area (Å²) in [6.45, 7) is 2.00. The number of thiazole rings is 1. The lowest BCUT2D eigenvalue weighted by molar-refractivity contribution is 0.509. The standard InChI is InChI=1S/C14H10F2N2S/c1-8-2-5-13-12(6-8)18-14(19-13)17-9-3-4-10(15)11(16)7-9/h2-7H,1H3,(H,17,18). The van der Waals surface area contributed by atoms with Gasteiger partial charge in [0.15, 0.2) is 16.8 Å². The van der Waals surface area contributed by atoms with Crippen molar-refractivity contribution in [3.8, 4) is 0 Å². The second kappa shape index (κ2) is 4.59. The molecule has 96 valence electrons. The van der Waals surface area contributed by atoms with Crippen LogP contribution in [0.15, 0.2) is 36.4 Å². The third-order valence-corrected chi connectivity index (χ3v) is 3.67. The fourth-order valence-corrected chi connectivity index (χ4v) is 2.65. The minimum atomic E-state index is -0.873. The van der Waals surface area contributed by atoms with Crippen LogP contribution in [0.4, 0.5) is 19.6 Å². The first-order chi connectivity index (χ1) is 9.11. The van der Waals surface area contributed by atoms with Crippen LogP contribution in [0.25, 0.3) is 10.2 Å². The monoisotopic (exact) mass is 276 g/mol. The molecule has 1 aromatic heterocycles. The van der Waals surface area contributed by atoms with Crippen molar-refractivity contribution in [3.05, 3.63) is 53.6 Å². The highest BCUT2D eigenvalue weighted by molar-refractivity contribution is 7.22. The van der Waals surface area contributed by atoms with Crippen LogP contribution < -0.4 is 5.32 Å². The van der Waals surface area contributed by atoms with E-state index in [1.807, 2.05) is 25.1 Å². The van der Waals surface area contributed by atoms with Crippen molar-refractivity contribution in [1.82, 2.24) is 4.98 Å². The second-order valence-electron chi connectivity index (χ2n) is 4.24. The number of aromatic nitrogens is 1. The predicted octanol–water partition coefficient (Wildman–Crippen LogP) is 4.63. The SMILES string of the molecule is Cc1ccc2sc(Nc3ccc(F)c(F)c3)nc2c1. The van der Waals surface area contributed by atoms with Gasteiger partial charge in [0.05, 0.1) is 10.2 Å². The molecule has 0 bridgehead atoms. The number of aryl methyl sites for hydroxylation is 1. The van der Waals surface area contributed by atoms with E-state index in [0.717, 1.165) is 27.9 Å². The van der Waals surface area contributed by atoms with E-state index in [4.69, 9.17) is 0 Å². The van der Waals surface area contributed by atoms with Crippen molar-refractivity contribution in [2.45, 2.75) is 6.92 Å². The molecule has 0 aliphatic carbocycles. The van der Waals surface area contributed by atoms with Gasteiger partial charge in [-0.15, -0.1) is 0 Å². The molecule has 19 heavy (non-hydrogen) atoms. The molecule has 0 fully saturated rings. The van der Waals surface area contributed by atoms with Gasteiger partial charge in [-0.05, 0) is 36.8 Å². The average Bonchev–Trinajstić information content (AvgIpc) is 2.75. The van der Waals surface area contributed by atoms with Gasteiger partial charge >= 0.3 is 0 Å². The van der Waals surface area contributed by atoms with E-state index in [1.165, 1.54) is 17.4 Å². The first-order valence-corrected chi connectivity index (χ1v) is 6.53. The summed E-state index contributed by atoms with van der Waals surface area (Å²) in [5.41, 5.74) is 2.52. The molecule has 0 atom stereocenters. The van der Waals surface area contributed by atoms with Crippen LogP contribution >= 0.6 is 11.3 Å². The lowest BCUT2D eigenvalue weighted by Crippen LogP contribution is -1.91. The number of nitrogens with one attached hydrogen (secondary N) is 1. The smallest absolute Gasteiger partial charge is 0.188 e. The average molecular weight is 276 g/mol. The first kappa shape index (κ1) is 12.0. The van der Waals surface area contributed by atoms with Gasteiger partial charge in [-0.1, -0.05) is 17.4 Å². The summed E-state index contributed by atoms with van der Waals surface area (Å²) < 4.78 is 27.0. The maximum absolute atomic E-state index is 13.1. The highest BCUT2D eigenvalue weighted by Crippen LogP contribution is 2.29. The molecule has 3 aromatic rings. The summed E-state index contributed by atoms with van der Waals surface area (Å²) in [4.78, 5) is 4.41. The van der Waals surface area contributed by atoms with Gasteiger partial charge in [0.2, 0.25) is 0 Å². The fraction of sp³-hybridized carbons (Fsp3) is 0.0714. The van der Waals surface area contributed by atoms with E-state index in [9.17, 15) is 8.78 Å². The molecule has 0 aliphatic rings. The number of rotatable bonds is 2. The Morgan fingerprint density at radius 1 is 1.05 bits per heavy atom. The lowest BCUT2D eigenvalue weighted by Gasteiger charge is -2.02. The highest BCUT2D eigenvalue weighted by Gasteiger charge is 2.06. The zero-order valence-electron chi connectivity index (χ0n) is 10.1. The zero-order valence-corrected chi connectivity index (χ0v) is 10.9. The molecule has 0 saturated carbocycles. The maximum Gasteiger partial charge on any atom is 0.188 e. The van der Waals surface area contributed by atoms with Gasteiger partial charge in [0.1, 0.15) is 0 Å². The van der Waals surface area contributed by atoms with Crippen molar-refractivity contribution in [2.24, 2.45) is 0 Å². The van der Waals surface area contributed by atoms with Crippen LogP contribution in [0.1, 0.15) is 5.56 Å². The second-order valence-corrected chi connectivity index (χ2v) is 5.27. The van der Waals surface area contributed by atoms with Gasteiger partial charge in [0.25, 0.3) is 0 Å². The van der Waals surface area contributed by atoms with E-state index in [-0.39, 0.29) is 0 Å². The molecule has 2 nitrogen and oxygen atoms in total. The largest absolute Gasteiger partial charge is 0.331 e. The van der Waals surface area contributed by atoms with Crippen LogP contribution in [0.5, 0.6) is 0 Å². The Labute approximate surface area is 112 Å². The van der Waals surface area contributed by atoms with Crippen LogP contribution in [0, 0.1) is 18.6 Å². The summed E-state index contributed by atoms with van der Waals surface area (Å²) in [6, 6.07) is 9.69. The first-order valence-electron chi connectivity index (χ1n) is 5.71. The Morgan fingerprint density at radius 3 is 2.68 bits per heavy atom. The quantitative estimate of drug-likeness (QED) is 0.738. The molecule has 0 aliphatic heterocycles. The number of benzene rings is 2. The number of anilines is 2. The van der Waals surface area contributed by atoms with Gasteiger partial charge in [-0.25, -0.2) is 13.8 Å². The molecule has 0 saturated heterocycles. The van der Waals surface area contributed by atoms with Crippen LogP contribution in [-0.4, -0.2) is 4.98 Å². The molecule has 0 spiro atoms. The Kier molecular flexibility index (Phi) is 2.91. The Morgan fingerprint density at radius 2 is 1.89 bits per heavy atom. The highest BCUT2D eigenvalue weighted by atomic mass is 32.1. The van der Waals surface area contributed by atoms with Gasteiger partial charge in [0, 0.05) is 11.8 Å². The van der Waals surface area contributed by atoms with E-state index < -0.39 is 11.6 Å². The van der Waals surface area contributed by atoms with Crippen molar-refractivity contribution < 1.29 is 8.78 Å². The maximum atomic E-state index is 13.1. The molecule has 1 heterocycles. The topological polar surface area (TPSA) is 24.9 Å². The van der Waals surface area contributed by atoms with Crippen molar-refractivity contribution in [2.75, 3.05) is 5.32 Å². The molecular weight excluding hydrogens is 266 g/mol. The third kappa shape index (κ3) is 2.42. The van der Waals surface area contributed by atoms with Gasteiger partial charge in [-0.2, -0.15) is 0 Å². The van der Waals surface area contributed by atoms with Crippen LogP contribution in [0.3, 0.4) is 0 Å². The third-order valence-electron chi connectivity index (χ3n) is 2.71. The summed E-state index contributed by atoms with van der Waals surface area (Å²) in [5, 5.41) is 3.64. The number of halogens is 2. The fourth-order valence-electron chi connectivity index (χ4n) is 1.79. The number of nitrogens with zero attached hydrogens (tertiary/aromatic N) is 1. The summed E-state index contributed by atoms with van der Waals surface area (Å²) >= 11 is 1.47. The van der Waals surface area contributed by atoms with E-state index in [1.54, 1.807) is 0 Å². The predicted molar refractivity (Wildman–Crippen MR) is 74.0 cm³/mol. The van der Waals surface area contributed by atoms with Crippen molar-refractivity contribution >= 4 is 32.4 Å². The molecule has 0 radical (unpaired) electrons. The molecular formula is C14H10F2N2S. The normalized spacial score (nSPS) is 10.9. The number of hydrogen-bond donors (Lipinski definition) is 1.